The van der Waals surface area contributed by atoms with Gasteiger partial charge in [-0.2, -0.15) is 0 Å². The topological polar surface area (TPSA) is 72.9 Å². The van der Waals surface area contributed by atoms with Gasteiger partial charge in [-0.3, -0.25) is 9.59 Å². The van der Waals surface area contributed by atoms with E-state index in [1.807, 2.05) is 37.3 Å². The Balaban J connectivity index is 2.19. The summed E-state index contributed by atoms with van der Waals surface area (Å²) in [6, 6.07) is 14.4. The van der Waals surface area contributed by atoms with Gasteiger partial charge in [0.2, 0.25) is 5.91 Å². The van der Waals surface area contributed by atoms with Crippen LogP contribution in [-0.2, 0) is 30.9 Å². The van der Waals surface area contributed by atoms with Crippen LogP contribution in [0.15, 0.2) is 48.5 Å². The number of fused-ring (bicyclic) bond motifs is 1. The second-order valence-electron chi connectivity index (χ2n) is 9.06. The number of hydrogen-bond donors (Lipinski definition) is 0. The molecule has 170 valence electrons. The number of esters is 1. The predicted octanol–water partition coefficient (Wildman–Crippen LogP) is 5.30. The summed E-state index contributed by atoms with van der Waals surface area (Å²) in [5, 5.41) is 0.512. The zero-order valence-corrected chi connectivity index (χ0v) is 19.7. The Hall–Kier alpha value is -2.86. The van der Waals surface area contributed by atoms with Gasteiger partial charge in [-0.05, 0) is 56.4 Å². The third-order valence-corrected chi connectivity index (χ3v) is 6.12. The minimum Gasteiger partial charge on any atom is -0.469 e. The number of carbonyl (C=O) groups is 3. The highest BCUT2D eigenvalue weighted by molar-refractivity contribution is 6.31. The lowest BCUT2D eigenvalue weighted by Crippen LogP contribution is -2.50. The highest BCUT2D eigenvalue weighted by Crippen LogP contribution is 2.50. The van der Waals surface area contributed by atoms with Crippen molar-refractivity contribution in [2.75, 3.05) is 12.0 Å². The minimum atomic E-state index is -1.20. The van der Waals surface area contributed by atoms with Gasteiger partial charge in [-0.15, -0.1) is 0 Å². The second-order valence-corrected chi connectivity index (χ2v) is 9.47. The average Bonchev–Trinajstić information content (AvgIpc) is 2.97. The predicted molar refractivity (Wildman–Crippen MR) is 123 cm³/mol. The first-order valence-corrected chi connectivity index (χ1v) is 10.9. The van der Waals surface area contributed by atoms with Crippen molar-refractivity contribution < 1.29 is 23.9 Å². The third kappa shape index (κ3) is 4.37. The average molecular weight is 458 g/mol. The van der Waals surface area contributed by atoms with Gasteiger partial charge in [-0.1, -0.05) is 54.9 Å². The van der Waals surface area contributed by atoms with E-state index in [2.05, 4.69) is 0 Å². The van der Waals surface area contributed by atoms with Crippen LogP contribution in [0.2, 0.25) is 5.02 Å². The van der Waals surface area contributed by atoms with E-state index in [1.54, 1.807) is 39.0 Å². The number of methoxy groups -OCH3 is 1. The number of nitrogens with zero attached hydrogens (tertiary/aromatic N) is 1. The van der Waals surface area contributed by atoms with Gasteiger partial charge in [-0.25, -0.2) is 9.69 Å². The van der Waals surface area contributed by atoms with E-state index in [0.717, 1.165) is 10.5 Å². The van der Waals surface area contributed by atoms with Crippen molar-refractivity contribution >= 4 is 35.3 Å². The number of para-hydroxylation sites is 1. The van der Waals surface area contributed by atoms with Crippen molar-refractivity contribution in [3.8, 4) is 0 Å². The van der Waals surface area contributed by atoms with Crippen LogP contribution in [0.5, 0.6) is 0 Å². The number of hydrogen-bond acceptors (Lipinski definition) is 5. The molecule has 0 aliphatic carbocycles. The Kier molecular flexibility index (Phi) is 6.65. The van der Waals surface area contributed by atoms with E-state index in [9.17, 15) is 14.4 Å². The van der Waals surface area contributed by atoms with E-state index < -0.39 is 34.9 Å². The van der Waals surface area contributed by atoms with Gasteiger partial charge in [0.1, 0.15) is 5.60 Å². The molecular formula is C25H28ClNO5. The molecule has 0 N–H and O–H groups in total. The Labute approximate surface area is 193 Å². The zero-order chi connectivity index (χ0) is 23.7. The lowest BCUT2D eigenvalue weighted by atomic mass is 9.67. The van der Waals surface area contributed by atoms with Crippen molar-refractivity contribution in [1.82, 2.24) is 0 Å². The van der Waals surface area contributed by atoms with Crippen molar-refractivity contribution in [2.24, 2.45) is 5.92 Å². The molecule has 2 unspecified atom stereocenters. The van der Waals surface area contributed by atoms with Crippen molar-refractivity contribution in [2.45, 2.75) is 51.6 Å². The smallest absolute Gasteiger partial charge is 0.421 e. The first-order valence-electron chi connectivity index (χ1n) is 10.5. The number of ether oxygens (including phenoxy) is 2. The summed E-state index contributed by atoms with van der Waals surface area (Å²) < 4.78 is 10.4. The number of benzene rings is 2. The van der Waals surface area contributed by atoms with Crippen molar-refractivity contribution in [1.29, 1.82) is 0 Å². The highest BCUT2D eigenvalue weighted by Gasteiger charge is 2.57. The largest absolute Gasteiger partial charge is 0.469 e. The molecule has 0 saturated carbocycles. The molecule has 2 amide bonds. The molecule has 1 aliphatic rings. The van der Waals surface area contributed by atoms with Crippen LogP contribution in [0, 0.1) is 5.92 Å². The Morgan fingerprint density at radius 3 is 2.34 bits per heavy atom. The molecule has 2 aromatic rings. The summed E-state index contributed by atoms with van der Waals surface area (Å²) in [6.07, 6.45) is -0.523. The number of halogens is 1. The lowest BCUT2D eigenvalue weighted by Gasteiger charge is -2.34. The number of amides is 2. The van der Waals surface area contributed by atoms with Gasteiger partial charge < -0.3 is 9.47 Å². The first kappa shape index (κ1) is 23.8. The molecule has 0 fully saturated rings. The van der Waals surface area contributed by atoms with Gasteiger partial charge in [0.25, 0.3) is 0 Å². The van der Waals surface area contributed by atoms with Crippen molar-refractivity contribution in [3.63, 3.8) is 0 Å². The maximum atomic E-state index is 14.1. The molecule has 2 atom stereocenters. The summed E-state index contributed by atoms with van der Waals surface area (Å²) >= 11 is 6.46. The molecule has 1 heterocycles. The van der Waals surface area contributed by atoms with Gasteiger partial charge >= 0.3 is 12.1 Å². The van der Waals surface area contributed by atoms with E-state index in [0.29, 0.717) is 16.3 Å². The molecule has 7 heteroatoms. The van der Waals surface area contributed by atoms with Gasteiger partial charge in [0.15, 0.2) is 0 Å². The van der Waals surface area contributed by atoms with Crippen LogP contribution in [0.25, 0.3) is 0 Å². The molecule has 0 aromatic heterocycles. The van der Waals surface area contributed by atoms with Gasteiger partial charge in [0.05, 0.1) is 18.2 Å². The van der Waals surface area contributed by atoms with E-state index in [-0.39, 0.29) is 12.8 Å². The summed E-state index contributed by atoms with van der Waals surface area (Å²) in [5.74, 6) is -1.35. The Bertz CT molecular complexity index is 1040. The van der Waals surface area contributed by atoms with Crippen LogP contribution in [0.1, 0.15) is 45.2 Å². The fraction of sp³-hybridized carbons (Fsp3) is 0.400. The molecule has 3 rings (SSSR count). The molecule has 6 nitrogen and oxygen atoms in total. The third-order valence-electron chi connectivity index (χ3n) is 5.76. The Morgan fingerprint density at radius 1 is 1.09 bits per heavy atom. The summed E-state index contributed by atoms with van der Waals surface area (Å²) in [4.78, 5) is 40.5. The van der Waals surface area contributed by atoms with E-state index in [1.165, 1.54) is 7.11 Å². The van der Waals surface area contributed by atoms with Crippen molar-refractivity contribution in [3.05, 3.63) is 64.7 Å². The summed E-state index contributed by atoms with van der Waals surface area (Å²) in [7, 11) is 1.31. The second kappa shape index (κ2) is 8.94. The van der Waals surface area contributed by atoms with Crippen LogP contribution in [-0.4, -0.2) is 30.7 Å². The first-order chi connectivity index (χ1) is 15.0. The quantitative estimate of drug-likeness (QED) is 0.569. The molecular weight excluding hydrogens is 430 g/mol. The number of imide groups is 1. The monoisotopic (exact) mass is 457 g/mol. The summed E-state index contributed by atoms with van der Waals surface area (Å²) in [6.45, 7) is 7.05. The van der Waals surface area contributed by atoms with E-state index in [4.69, 9.17) is 21.1 Å². The molecule has 2 aromatic carbocycles. The number of anilines is 1. The van der Waals surface area contributed by atoms with Crippen LogP contribution >= 0.6 is 11.6 Å². The maximum Gasteiger partial charge on any atom is 0.421 e. The molecule has 32 heavy (non-hydrogen) atoms. The standard InChI is InChI=1S/C25H28ClNO5/c1-16(14-21(28)31-5)25(15-17-10-6-8-12-19(17)26)18-11-7-9-13-20(18)27(22(25)29)23(30)32-24(2,3)4/h6-13,16H,14-15H2,1-5H3. The van der Waals surface area contributed by atoms with Crippen LogP contribution in [0.4, 0.5) is 10.5 Å². The number of rotatable bonds is 5. The minimum absolute atomic E-state index is 0.00316. The molecule has 0 bridgehead atoms. The van der Waals surface area contributed by atoms with Crippen LogP contribution < -0.4 is 4.90 Å². The lowest BCUT2D eigenvalue weighted by molar-refractivity contribution is -0.142. The number of carbonyl (C=O) groups excluding carboxylic acids is 3. The Morgan fingerprint density at radius 2 is 1.72 bits per heavy atom. The fourth-order valence-electron chi connectivity index (χ4n) is 4.23. The molecule has 0 spiro atoms. The van der Waals surface area contributed by atoms with Crippen LogP contribution in [0.3, 0.4) is 0 Å². The molecule has 1 aliphatic heterocycles. The fourth-order valence-corrected chi connectivity index (χ4v) is 4.43. The zero-order valence-electron chi connectivity index (χ0n) is 19.0. The van der Waals surface area contributed by atoms with E-state index >= 15 is 0 Å². The molecule has 0 radical (unpaired) electrons. The van der Waals surface area contributed by atoms with Gasteiger partial charge in [0, 0.05) is 11.4 Å². The maximum absolute atomic E-state index is 14.1. The normalized spacial score (nSPS) is 18.8. The highest BCUT2D eigenvalue weighted by atomic mass is 35.5. The summed E-state index contributed by atoms with van der Waals surface area (Å²) in [5.41, 5.74) is -0.118. The molecule has 0 saturated heterocycles. The SMILES string of the molecule is COC(=O)CC(C)C1(Cc2ccccc2Cl)C(=O)N(C(=O)OC(C)(C)C)c2ccccc21.